The molecule has 0 radical (unpaired) electrons. The zero-order chi connectivity index (χ0) is 17.0. The molecule has 8 nitrogen and oxygen atoms in total. The quantitative estimate of drug-likeness (QED) is 0.856. The maximum atomic E-state index is 12.1. The van der Waals surface area contributed by atoms with Crippen LogP contribution in [0.3, 0.4) is 0 Å². The number of hydrogen-bond donors (Lipinski definition) is 2. The van der Waals surface area contributed by atoms with Gasteiger partial charge in [0.25, 0.3) is 0 Å². The first-order valence-electron chi connectivity index (χ1n) is 7.91. The number of aromatic nitrogens is 4. The second-order valence-corrected chi connectivity index (χ2v) is 6.01. The summed E-state index contributed by atoms with van der Waals surface area (Å²) in [5.74, 6) is 0.474. The fourth-order valence-corrected chi connectivity index (χ4v) is 2.98. The molecule has 0 unspecified atom stereocenters. The number of hydrogen-bond acceptors (Lipinski definition) is 6. The highest BCUT2D eigenvalue weighted by Crippen LogP contribution is 2.28. The number of rotatable bonds is 5. The minimum absolute atomic E-state index is 0.115. The molecule has 8 heteroatoms. The Bertz CT molecular complexity index is 771. The molecule has 2 N–H and O–H groups in total. The normalized spacial score (nSPS) is 15.7. The largest absolute Gasteiger partial charge is 0.376 e. The maximum Gasteiger partial charge on any atom is 0.240 e. The number of aryl methyl sites for hydroxylation is 1. The van der Waals surface area contributed by atoms with Gasteiger partial charge in [-0.25, -0.2) is 4.68 Å². The molecule has 1 aliphatic rings. The van der Waals surface area contributed by atoms with Crippen molar-refractivity contribution in [2.75, 3.05) is 11.9 Å². The van der Waals surface area contributed by atoms with Gasteiger partial charge in [0.2, 0.25) is 5.91 Å². The number of tetrazole rings is 1. The van der Waals surface area contributed by atoms with E-state index in [4.69, 9.17) is 0 Å². The summed E-state index contributed by atoms with van der Waals surface area (Å²) in [4.78, 5) is 12.1. The molecule has 0 bridgehead atoms. The third-order valence-electron chi connectivity index (χ3n) is 4.24. The van der Waals surface area contributed by atoms with Gasteiger partial charge in [0.15, 0.2) is 5.82 Å². The summed E-state index contributed by atoms with van der Waals surface area (Å²) in [6.07, 6.45) is 3.41. The minimum Gasteiger partial charge on any atom is -0.376 e. The Kier molecular flexibility index (Phi) is 4.42. The number of nitrogens with zero attached hydrogens (tertiary/aromatic N) is 5. The van der Waals surface area contributed by atoms with Crippen LogP contribution in [0.1, 0.15) is 25.7 Å². The molecule has 0 saturated heterocycles. The molecule has 1 saturated carbocycles. The summed E-state index contributed by atoms with van der Waals surface area (Å²) in [7, 11) is 1.77. The van der Waals surface area contributed by atoms with Crippen molar-refractivity contribution < 1.29 is 4.79 Å². The highest BCUT2D eigenvalue weighted by atomic mass is 16.2. The van der Waals surface area contributed by atoms with E-state index in [-0.39, 0.29) is 12.5 Å². The molecule has 1 fully saturated rings. The van der Waals surface area contributed by atoms with E-state index in [0.717, 1.165) is 36.9 Å². The van der Waals surface area contributed by atoms with Gasteiger partial charge < -0.3 is 10.6 Å². The predicted octanol–water partition coefficient (Wildman–Crippen LogP) is 1.24. The molecule has 124 valence electrons. The lowest BCUT2D eigenvalue weighted by atomic mass is 10.00. The number of carbonyl (C=O) groups is 1. The molecule has 0 aliphatic heterocycles. The summed E-state index contributed by atoms with van der Waals surface area (Å²) in [5, 5.41) is 26.7. The number of nitrogens with one attached hydrogen (secondary N) is 2. The van der Waals surface area contributed by atoms with Crippen molar-refractivity contribution in [3.63, 3.8) is 0 Å². The van der Waals surface area contributed by atoms with E-state index in [9.17, 15) is 10.1 Å². The minimum atomic E-state index is -0.690. The van der Waals surface area contributed by atoms with Crippen LogP contribution in [0.5, 0.6) is 0 Å². The fourth-order valence-electron chi connectivity index (χ4n) is 2.98. The number of nitriles is 1. The van der Waals surface area contributed by atoms with Crippen LogP contribution in [0.25, 0.3) is 11.4 Å². The molecule has 1 aromatic carbocycles. The Hall–Kier alpha value is -2.95. The topological polar surface area (TPSA) is 109 Å². The van der Waals surface area contributed by atoms with Crippen molar-refractivity contribution in [3.8, 4) is 17.5 Å². The molecule has 2 aromatic rings. The Morgan fingerprint density at radius 1 is 1.42 bits per heavy atom. The van der Waals surface area contributed by atoms with Gasteiger partial charge in [-0.3, -0.25) is 4.79 Å². The summed E-state index contributed by atoms with van der Waals surface area (Å²) >= 11 is 0. The highest BCUT2D eigenvalue weighted by Gasteiger charge is 2.35. The van der Waals surface area contributed by atoms with Crippen molar-refractivity contribution in [2.24, 2.45) is 7.05 Å². The fraction of sp³-hybridized carbons (Fsp3) is 0.438. The van der Waals surface area contributed by atoms with Crippen molar-refractivity contribution in [1.82, 2.24) is 25.5 Å². The van der Waals surface area contributed by atoms with Gasteiger partial charge in [-0.1, -0.05) is 12.1 Å². The van der Waals surface area contributed by atoms with Crippen LogP contribution in [0.15, 0.2) is 24.3 Å². The lowest BCUT2D eigenvalue weighted by Crippen LogP contribution is -2.47. The Labute approximate surface area is 139 Å². The molecule has 1 heterocycles. The van der Waals surface area contributed by atoms with Gasteiger partial charge in [0.05, 0.1) is 12.6 Å². The van der Waals surface area contributed by atoms with E-state index in [1.807, 2.05) is 24.3 Å². The lowest BCUT2D eigenvalue weighted by Gasteiger charge is -2.22. The summed E-state index contributed by atoms with van der Waals surface area (Å²) in [6, 6.07) is 9.79. The monoisotopic (exact) mass is 325 g/mol. The highest BCUT2D eigenvalue weighted by molar-refractivity contribution is 5.82. The van der Waals surface area contributed by atoms with Gasteiger partial charge in [0, 0.05) is 18.3 Å². The molecule has 0 spiro atoms. The van der Waals surface area contributed by atoms with Crippen molar-refractivity contribution in [1.29, 1.82) is 5.26 Å². The average molecular weight is 325 g/mol. The SMILES string of the molecule is Cn1nnnc1-c1cccc(NCC(=O)NC2(C#N)CCCC2)c1. The smallest absolute Gasteiger partial charge is 0.240 e. The van der Waals surface area contributed by atoms with Crippen LogP contribution in [0.4, 0.5) is 5.69 Å². The zero-order valence-electron chi connectivity index (χ0n) is 13.5. The first-order valence-corrected chi connectivity index (χ1v) is 7.91. The summed E-state index contributed by atoms with van der Waals surface area (Å²) < 4.78 is 1.59. The third kappa shape index (κ3) is 3.35. The Morgan fingerprint density at radius 3 is 2.88 bits per heavy atom. The Balaban J connectivity index is 1.62. The number of benzene rings is 1. The van der Waals surface area contributed by atoms with Crippen molar-refractivity contribution in [3.05, 3.63) is 24.3 Å². The van der Waals surface area contributed by atoms with Gasteiger partial charge in [-0.15, -0.1) is 5.10 Å². The van der Waals surface area contributed by atoms with Gasteiger partial charge in [-0.2, -0.15) is 5.26 Å². The van der Waals surface area contributed by atoms with Crippen LogP contribution < -0.4 is 10.6 Å². The summed E-state index contributed by atoms with van der Waals surface area (Å²) in [5.41, 5.74) is 0.963. The van der Waals surface area contributed by atoms with E-state index in [1.165, 1.54) is 0 Å². The molecule has 1 aliphatic carbocycles. The molecule has 1 amide bonds. The van der Waals surface area contributed by atoms with E-state index >= 15 is 0 Å². The zero-order valence-corrected chi connectivity index (χ0v) is 13.5. The van der Waals surface area contributed by atoms with E-state index in [1.54, 1.807) is 11.7 Å². The average Bonchev–Trinajstić information content (AvgIpc) is 3.23. The Morgan fingerprint density at radius 2 is 2.21 bits per heavy atom. The van der Waals surface area contributed by atoms with Crippen molar-refractivity contribution in [2.45, 2.75) is 31.2 Å². The molecule has 0 atom stereocenters. The van der Waals surface area contributed by atoms with E-state index in [0.29, 0.717) is 5.82 Å². The second-order valence-electron chi connectivity index (χ2n) is 6.01. The number of anilines is 1. The third-order valence-corrected chi connectivity index (χ3v) is 4.24. The molecule has 24 heavy (non-hydrogen) atoms. The predicted molar refractivity (Wildman–Crippen MR) is 87.7 cm³/mol. The second kappa shape index (κ2) is 6.66. The van der Waals surface area contributed by atoms with Crippen LogP contribution in [0.2, 0.25) is 0 Å². The van der Waals surface area contributed by atoms with E-state index < -0.39 is 5.54 Å². The van der Waals surface area contributed by atoms with Crippen molar-refractivity contribution >= 4 is 11.6 Å². The molecule has 3 rings (SSSR count). The molecular weight excluding hydrogens is 306 g/mol. The van der Waals surface area contributed by atoms with Crippen LogP contribution >= 0.6 is 0 Å². The van der Waals surface area contributed by atoms with E-state index in [2.05, 4.69) is 32.2 Å². The first kappa shape index (κ1) is 15.9. The number of carbonyl (C=O) groups excluding carboxylic acids is 1. The molecular formula is C16H19N7O. The van der Waals surface area contributed by atoms with Gasteiger partial charge >= 0.3 is 0 Å². The first-order chi connectivity index (χ1) is 11.6. The van der Waals surface area contributed by atoms with Crippen LogP contribution in [-0.2, 0) is 11.8 Å². The number of amides is 1. The van der Waals surface area contributed by atoms with Crippen LogP contribution in [0, 0.1) is 11.3 Å². The van der Waals surface area contributed by atoms with Crippen LogP contribution in [-0.4, -0.2) is 38.2 Å². The van der Waals surface area contributed by atoms with Gasteiger partial charge in [0.1, 0.15) is 5.54 Å². The standard InChI is InChI=1S/C16H19N7O/c1-23-15(20-21-22-23)12-5-4-6-13(9-12)18-10-14(24)19-16(11-17)7-2-3-8-16/h4-6,9,18H,2-3,7-8,10H2,1H3,(H,19,24). The maximum absolute atomic E-state index is 12.1. The van der Waals surface area contributed by atoms with Gasteiger partial charge in [-0.05, 0) is 48.2 Å². The molecule has 1 aromatic heterocycles. The lowest BCUT2D eigenvalue weighted by molar-refractivity contribution is -0.120. The summed E-state index contributed by atoms with van der Waals surface area (Å²) in [6.45, 7) is 0.115.